The van der Waals surface area contributed by atoms with Crippen LogP contribution in [0.2, 0.25) is 0 Å². The second-order valence-corrected chi connectivity index (χ2v) is 4.20. The van der Waals surface area contributed by atoms with Crippen LogP contribution in [0, 0.1) is 0 Å². The van der Waals surface area contributed by atoms with Gasteiger partial charge in [0.2, 0.25) is 5.91 Å². The van der Waals surface area contributed by atoms with E-state index < -0.39 is 11.4 Å². The SMILES string of the molecule is CCCCCCOCCC(C)(N)C(N)=O. The van der Waals surface area contributed by atoms with Crippen LogP contribution < -0.4 is 11.5 Å². The van der Waals surface area contributed by atoms with E-state index in [1.807, 2.05) is 0 Å². The molecule has 0 saturated carbocycles. The minimum absolute atomic E-state index is 0.475. The van der Waals surface area contributed by atoms with Gasteiger partial charge in [0.05, 0.1) is 5.54 Å². The average molecular weight is 216 g/mol. The lowest BCUT2D eigenvalue weighted by atomic mass is 9.99. The molecular weight excluding hydrogens is 192 g/mol. The van der Waals surface area contributed by atoms with Gasteiger partial charge >= 0.3 is 0 Å². The van der Waals surface area contributed by atoms with Gasteiger partial charge < -0.3 is 16.2 Å². The van der Waals surface area contributed by atoms with E-state index in [1.54, 1.807) is 6.92 Å². The van der Waals surface area contributed by atoms with E-state index >= 15 is 0 Å². The molecule has 0 aliphatic rings. The molecule has 4 heteroatoms. The molecule has 1 unspecified atom stereocenters. The summed E-state index contributed by atoms with van der Waals surface area (Å²) in [5.41, 5.74) is 9.86. The van der Waals surface area contributed by atoms with Crippen molar-refractivity contribution in [1.82, 2.24) is 0 Å². The molecule has 1 atom stereocenters. The fourth-order valence-corrected chi connectivity index (χ4v) is 1.14. The minimum Gasteiger partial charge on any atom is -0.381 e. The first-order chi connectivity index (χ1) is 7.00. The Labute approximate surface area is 92.3 Å². The highest BCUT2D eigenvalue weighted by Crippen LogP contribution is 2.05. The molecule has 0 saturated heterocycles. The zero-order valence-electron chi connectivity index (χ0n) is 9.92. The number of ether oxygens (including phenoxy) is 1. The number of carbonyl (C=O) groups excluding carboxylic acids is 1. The number of hydrogen-bond acceptors (Lipinski definition) is 3. The second-order valence-electron chi connectivity index (χ2n) is 4.20. The van der Waals surface area contributed by atoms with Crippen LogP contribution in [-0.2, 0) is 9.53 Å². The maximum Gasteiger partial charge on any atom is 0.237 e. The van der Waals surface area contributed by atoms with E-state index in [4.69, 9.17) is 16.2 Å². The third-order valence-electron chi connectivity index (χ3n) is 2.47. The molecule has 0 aromatic heterocycles. The fourth-order valence-electron chi connectivity index (χ4n) is 1.14. The number of hydrogen-bond donors (Lipinski definition) is 2. The quantitative estimate of drug-likeness (QED) is 0.568. The van der Waals surface area contributed by atoms with Gasteiger partial charge in [0, 0.05) is 13.2 Å². The van der Waals surface area contributed by atoms with Gasteiger partial charge in [-0.05, 0) is 19.8 Å². The molecule has 0 heterocycles. The number of carbonyl (C=O) groups is 1. The largest absolute Gasteiger partial charge is 0.381 e. The second kappa shape index (κ2) is 7.65. The predicted octanol–water partition coefficient (Wildman–Crippen LogP) is 1.18. The Morgan fingerprint density at radius 2 is 1.93 bits per heavy atom. The molecule has 15 heavy (non-hydrogen) atoms. The highest BCUT2D eigenvalue weighted by molar-refractivity contribution is 5.83. The Bertz CT molecular complexity index is 181. The van der Waals surface area contributed by atoms with E-state index in [0.717, 1.165) is 13.0 Å². The van der Waals surface area contributed by atoms with Crippen molar-refractivity contribution >= 4 is 5.91 Å². The Morgan fingerprint density at radius 1 is 1.27 bits per heavy atom. The maximum atomic E-state index is 10.9. The maximum absolute atomic E-state index is 10.9. The number of rotatable bonds is 9. The van der Waals surface area contributed by atoms with Crippen molar-refractivity contribution in [2.24, 2.45) is 11.5 Å². The summed E-state index contributed by atoms with van der Waals surface area (Å²) in [6.07, 6.45) is 5.23. The number of primary amides is 1. The topological polar surface area (TPSA) is 78.3 Å². The van der Waals surface area contributed by atoms with Crippen LogP contribution in [0.4, 0.5) is 0 Å². The first kappa shape index (κ1) is 14.4. The Morgan fingerprint density at radius 3 is 2.47 bits per heavy atom. The van der Waals surface area contributed by atoms with Crippen molar-refractivity contribution in [2.75, 3.05) is 13.2 Å². The molecule has 0 aliphatic carbocycles. The molecule has 0 spiro atoms. The van der Waals surface area contributed by atoms with E-state index in [0.29, 0.717) is 13.0 Å². The molecule has 0 rings (SSSR count). The monoisotopic (exact) mass is 216 g/mol. The van der Waals surface area contributed by atoms with Crippen LogP contribution in [0.25, 0.3) is 0 Å². The van der Waals surface area contributed by atoms with Crippen molar-refractivity contribution in [3.05, 3.63) is 0 Å². The lowest BCUT2D eigenvalue weighted by molar-refractivity contribution is -0.123. The molecule has 4 N–H and O–H groups in total. The zero-order valence-corrected chi connectivity index (χ0v) is 9.92. The number of unbranched alkanes of at least 4 members (excludes halogenated alkanes) is 3. The van der Waals surface area contributed by atoms with Crippen molar-refractivity contribution in [3.8, 4) is 0 Å². The summed E-state index contributed by atoms with van der Waals surface area (Å²) in [7, 11) is 0. The number of nitrogens with two attached hydrogens (primary N) is 2. The van der Waals surface area contributed by atoms with E-state index in [2.05, 4.69) is 6.92 Å². The van der Waals surface area contributed by atoms with Crippen molar-refractivity contribution in [3.63, 3.8) is 0 Å². The zero-order chi connectivity index (χ0) is 11.7. The number of amides is 1. The Kier molecular flexibility index (Phi) is 7.34. The van der Waals surface area contributed by atoms with Crippen LogP contribution in [0.3, 0.4) is 0 Å². The molecule has 0 aromatic carbocycles. The van der Waals surface area contributed by atoms with Crippen molar-refractivity contribution < 1.29 is 9.53 Å². The summed E-state index contributed by atoms with van der Waals surface area (Å²) >= 11 is 0. The van der Waals surface area contributed by atoms with Crippen molar-refractivity contribution in [2.45, 2.75) is 51.5 Å². The Hall–Kier alpha value is -0.610. The van der Waals surface area contributed by atoms with Crippen LogP contribution >= 0.6 is 0 Å². The summed E-state index contributed by atoms with van der Waals surface area (Å²) in [6.45, 7) is 5.06. The van der Waals surface area contributed by atoms with Gasteiger partial charge in [-0.15, -0.1) is 0 Å². The lowest BCUT2D eigenvalue weighted by Gasteiger charge is -2.19. The van der Waals surface area contributed by atoms with Gasteiger partial charge in [0.15, 0.2) is 0 Å². The van der Waals surface area contributed by atoms with Gasteiger partial charge in [0.25, 0.3) is 0 Å². The molecule has 90 valence electrons. The molecule has 0 radical (unpaired) electrons. The summed E-state index contributed by atoms with van der Waals surface area (Å²) in [5.74, 6) is -0.475. The van der Waals surface area contributed by atoms with Gasteiger partial charge in [-0.25, -0.2) is 0 Å². The summed E-state index contributed by atoms with van der Waals surface area (Å²) in [5, 5.41) is 0. The molecule has 0 bridgehead atoms. The first-order valence-electron chi connectivity index (χ1n) is 5.67. The highest BCUT2D eigenvalue weighted by Gasteiger charge is 2.24. The lowest BCUT2D eigenvalue weighted by Crippen LogP contribution is -2.50. The summed E-state index contributed by atoms with van der Waals surface area (Å²) in [4.78, 5) is 10.9. The normalized spacial score (nSPS) is 14.9. The molecule has 0 fully saturated rings. The van der Waals surface area contributed by atoms with Crippen LogP contribution in [0.15, 0.2) is 0 Å². The van der Waals surface area contributed by atoms with Gasteiger partial charge in [-0.2, -0.15) is 0 Å². The Balaban J connectivity index is 3.35. The third kappa shape index (κ3) is 7.33. The fraction of sp³-hybridized carbons (Fsp3) is 0.909. The molecular formula is C11H24N2O2. The molecule has 0 aliphatic heterocycles. The minimum atomic E-state index is -0.941. The summed E-state index contributed by atoms with van der Waals surface area (Å²) in [6, 6.07) is 0. The molecule has 4 nitrogen and oxygen atoms in total. The average Bonchev–Trinajstić information content (AvgIpc) is 2.16. The first-order valence-corrected chi connectivity index (χ1v) is 5.67. The molecule has 1 amide bonds. The van der Waals surface area contributed by atoms with Gasteiger partial charge in [0.1, 0.15) is 0 Å². The van der Waals surface area contributed by atoms with Crippen LogP contribution in [0.1, 0.15) is 46.0 Å². The smallest absolute Gasteiger partial charge is 0.237 e. The third-order valence-corrected chi connectivity index (χ3v) is 2.47. The van der Waals surface area contributed by atoms with E-state index in [-0.39, 0.29) is 0 Å². The standard InChI is InChI=1S/C11H24N2O2/c1-3-4-5-6-8-15-9-7-11(2,13)10(12)14/h3-9,13H2,1-2H3,(H2,12,14). The molecule has 0 aromatic rings. The highest BCUT2D eigenvalue weighted by atomic mass is 16.5. The van der Waals surface area contributed by atoms with Crippen LogP contribution in [-0.4, -0.2) is 24.7 Å². The van der Waals surface area contributed by atoms with E-state index in [1.165, 1.54) is 19.3 Å². The van der Waals surface area contributed by atoms with Crippen molar-refractivity contribution in [1.29, 1.82) is 0 Å². The van der Waals surface area contributed by atoms with Gasteiger partial charge in [-0.1, -0.05) is 26.2 Å². The van der Waals surface area contributed by atoms with Gasteiger partial charge in [-0.3, -0.25) is 4.79 Å². The van der Waals surface area contributed by atoms with Crippen LogP contribution in [0.5, 0.6) is 0 Å². The predicted molar refractivity (Wildman–Crippen MR) is 61.4 cm³/mol. The van der Waals surface area contributed by atoms with E-state index in [9.17, 15) is 4.79 Å². The summed E-state index contributed by atoms with van der Waals surface area (Å²) < 4.78 is 5.38.